The van der Waals surface area contributed by atoms with Crippen LogP contribution in [-0.2, 0) is 9.59 Å². The molecule has 0 atom stereocenters. The third-order valence-corrected chi connectivity index (χ3v) is 5.31. The van der Waals surface area contributed by atoms with E-state index in [1.54, 1.807) is 18.2 Å². The van der Waals surface area contributed by atoms with Gasteiger partial charge in [0, 0.05) is 25.5 Å². The highest BCUT2D eigenvalue weighted by molar-refractivity contribution is 6.46. The molecule has 0 unspecified atom stereocenters. The largest absolute Gasteiger partial charge is 0.378 e. The van der Waals surface area contributed by atoms with E-state index in [4.69, 9.17) is 0 Å². The molecule has 0 aliphatic carbocycles. The molecule has 0 radical (unpaired) electrons. The average Bonchev–Trinajstić information content (AvgIpc) is 2.97. The molecule has 0 saturated carbocycles. The molecular weight excluding hydrogens is 405 g/mol. The highest BCUT2D eigenvalue weighted by atomic mass is 19.1. The summed E-state index contributed by atoms with van der Waals surface area (Å²) in [6, 6.07) is 18.7. The number of benzene rings is 3. The van der Waals surface area contributed by atoms with E-state index < -0.39 is 17.6 Å². The highest BCUT2D eigenvalue weighted by Gasteiger charge is 2.40. The van der Waals surface area contributed by atoms with Gasteiger partial charge in [-0.2, -0.15) is 0 Å². The normalized spacial score (nSPS) is 13.7. The first-order valence-electron chi connectivity index (χ1n) is 10.3. The lowest BCUT2D eigenvalue weighted by atomic mass is 10.0. The van der Waals surface area contributed by atoms with Gasteiger partial charge in [0.05, 0.1) is 11.3 Å². The molecule has 1 aliphatic heterocycles. The van der Waals surface area contributed by atoms with Crippen LogP contribution in [0.3, 0.4) is 0 Å². The minimum atomic E-state index is -0.454. The molecule has 4 rings (SSSR count). The number of rotatable bonds is 5. The zero-order valence-electron chi connectivity index (χ0n) is 18.4. The fourth-order valence-corrected chi connectivity index (χ4v) is 3.87. The number of amides is 2. The zero-order valence-corrected chi connectivity index (χ0v) is 18.4. The second-order valence-corrected chi connectivity index (χ2v) is 8.12. The summed E-state index contributed by atoms with van der Waals surface area (Å²) >= 11 is 0. The van der Waals surface area contributed by atoms with Gasteiger partial charge in [0.15, 0.2) is 0 Å². The predicted octanol–water partition coefficient (Wildman–Crippen LogP) is 4.91. The number of anilines is 3. The minimum Gasteiger partial charge on any atom is -0.378 e. The highest BCUT2D eigenvalue weighted by Crippen LogP contribution is 2.35. The molecule has 162 valence electrons. The lowest BCUT2D eigenvalue weighted by Crippen LogP contribution is -2.32. The number of nitrogens with one attached hydrogen (secondary N) is 1. The first-order valence-corrected chi connectivity index (χ1v) is 10.3. The maximum Gasteiger partial charge on any atom is 0.282 e. The van der Waals surface area contributed by atoms with Crippen molar-refractivity contribution in [1.82, 2.24) is 0 Å². The number of aryl methyl sites for hydroxylation is 2. The van der Waals surface area contributed by atoms with Crippen LogP contribution in [0.25, 0.3) is 5.57 Å². The zero-order chi connectivity index (χ0) is 23.0. The Morgan fingerprint density at radius 2 is 1.50 bits per heavy atom. The van der Waals surface area contributed by atoms with Crippen LogP contribution < -0.4 is 15.1 Å². The summed E-state index contributed by atoms with van der Waals surface area (Å²) in [6.45, 7) is 3.93. The van der Waals surface area contributed by atoms with Crippen molar-refractivity contribution in [2.45, 2.75) is 13.8 Å². The Hall–Kier alpha value is -3.93. The number of nitrogens with zero attached hydrogens (tertiary/aromatic N) is 2. The smallest absolute Gasteiger partial charge is 0.282 e. The minimum absolute atomic E-state index is 0.168. The van der Waals surface area contributed by atoms with Gasteiger partial charge in [0.25, 0.3) is 11.8 Å². The Balaban J connectivity index is 1.83. The molecule has 3 aromatic carbocycles. The standard InChI is InChI=1S/C26H24FN3O2/c1-16-12-17(2)14-20(13-16)28-24-23(18-8-10-19(27)11-9-18)25(31)30(26(24)32)22-7-5-6-21(15-22)29(3)4/h5-15,28H,1-4H3. The quantitative estimate of drug-likeness (QED) is 0.586. The van der Waals surface area contributed by atoms with E-state index in [2.05, 4.69) is 5.32 Å². The molecule has 3 aromatic rings. The van der Waals surface area contributed by atoms with Crippen molar-refractivity contribution in [3.63, 3.8) is 0 Å². The number of halogens is 1. The van der Waals surface area contributed by atoms with E-state index in [1.807, 2.05) is 57.1 Å². The lowest BCUT2D eigenvalue weighted by molar-refractivity contribution is -0.120. The van der Waals surface area contributed by atoms with Crippen LogP contribution in [0.15, 0.2) is 72.4 Å². The lowest BCUT2D eigenvalue weighted by Gasteiger charge is -2.19. The molecule has 1 aliphatic rings. The summed E-state index contributed by atoms with van der Waals surface area (Å²) in [6.07, 6.45) is 0. The summed E-state index contributed by atoms with van der Waals surface area (Å²) in [7, 11) is 3.78. The monoisotopic (exact) mass is 429 g/mol. The van der Waals surface area contributed by atoms with Gasteiger partial charge in [0.1, 0.15) is 11.5 Å². The third kappa shape index (κ3) is 3.99. The molecule has 32 heavy (non-hydrogen) atoms. The van der Waals surface area contributed by atoms with Gasteiger partial charge in [-0.05, 0) is 73.0 Å². The summed E-state index contributed by atoms with van der Waals surface area (Å²) in [5.74, 6) is -1.32. The molecule has 2 amide bonds. The molecule has 1 N–H and O–H groups in total. The molecule has 6 heteroatoms. The fourth-order valence-electron chi connectivity index (χ4n) is 3.87. The maximum atomic E-state index is 13.5. The molecule has 0 spiro atoms. The van der Waals surface area contributed by atoms with E-state index in [-0.39, 0.29) is 11.3 Å². The number of imide groups is 1. The van der Waals surface area contributed by atoms with Crippen molar-refractivity contribution in [3.8, 4) is 0 Å². The molecular formula is C26H24FN3O2. The van der Waals surface area contributed by atoms with Crippen molar-refractivity contribution in [1.29, 1.82) is 0 Å². The van der Waals surface area contributed by atoms with Crippen LogP contribution in [0.1, 0.15) is 16.7 Å². The predicted molar refractivity (Wildman–Crippen MR) is 126 cm³/mol. The molecule has 0 aromatic heterocycles. The maximum absolute atomic E-state index is 13.5. The van der Waals surface area contributed by atoms with E-state index in [0.29, 0.717) is 16.9 Å². The van der Waals surface area contributed by atoms with Gasteiger partial charge in [0.2, 0.25) is 0 Å². The van der Waals surface area contributed by atoms with Gasteiger partial charge in [-0.25, -0.2) is 9.29 Å². The summed E-state index contributed by atoms with van der Waals surface area (Å²) in [4.78, 5) is 30.1. The van der Waals surface area contributed by atoms with E-state index in [1.165, 1.54) is 24.3 Å². The van der Waals surface area contributed by atoms with Crippen LogP contribution in [0.5, 0.6) is 0 Å². The van der Waals surface area contributed by atoms with Gasteiger partial charge in [-0.15, -0.1) is 0 Å². The molecule has 0 fully saturated rings. The van der Waals surface area contributed by atoms with E-state index in [9.17, 15) is 14.0 Å². The number of carbonyl (C=O) groups excluding carboxylic acids is 2. The molecule has 0 saturated heterocycles. The van der Waals surface area contributed by atoms with Crippen LogP contribution in [-0.4, -0.2) is 25.9 Å². The average molecular weight is 429 g/mol. The molecule has 0 bridgehead atoms. The number of carbonyl (C=O) groups is 2. The van der Waals surface area contributed by atoms with Gasteiger partial charge in [-0.1, -0.05) is 24.3 Å². The Labute approximate surface area is 186 Å². The summed E-state index contributed by atoms with van der Waals surface area (Å²) in [5.41, 5.74) is 4.97. The fraction of sp³-hybridized carbons (Fsp3) is 0.154. The van der Waals surface area contributed by atoms with Crippen molar-refractivity contribution in [3.05, 3.63) is 94.9 Å². The Kier molecular flexibility index (Phi) is 5.53. The van der Waals surface area contributed by atoms with Crippen LogP contribution in [0, 0.1) is 19.7 Å². The van der Waals surface area contributed by atoms with E-state index >= 15 is 0 Å². The van der Waals surface area contributed by atoms with Crippen LogP contribution in [0.4, 0.5) is 21.5 Å². The Morgan fingerprint density at radius 1 is 0.844 bits per heavy atom. The van der Waals surface area contributed by atoms with E-state index in [0.717, 1.165) is 21.7 Å². The van der Waals surface area contributed by atoms with Crippen molar-refractivity contribution >= 4 is 34.4 Å². The second-order valence-electron chi connectivity index (χ2n) is 8.12. The Bertz CT molecular complexity index is 1230. The van der Waals surface area contributed by atoms with Gasteiger partial charge >= 0.3 is 0 Å². The van der Waals surface area contributed by atoms with Gasteiger partial charge < -0.3 is 10.2 Å². The first-order chi connectivity index (χ1) is 15.2. The number of hydrogen-bond donors (Lipinski definition) is 1. The summed E-state index contributed by atoms with van der Waals surface area (Å²) < 4.78 is 13.5. The van der Waals surface area contributed by atoms with Crippen molar-refractivity contribution < 1.29 is 14.0 Å². The van der Waals surface area contributed by atoms with Crippen LogP contribution >= 0.6 is 0 Å². The third-order valence-electron chi connectivity index (χ3n) is 5.31. The second kappa shape index (κ2) is 8.30. The summed E-state index contributed by atoms with van der Waals surface area (Å²) in [5, 5.41) is 3.17. The van der Waals surface area contributed by atoms with Crippen molar-refractivity contribution in [2.24, 2.45) is 0 Å². The first kappa shape index (κ1) is 21.3. The topological polar surface area (TPSA) is 52.7 Å². The molecule has 1 heterocycles. The Morgan fingerprint density at radius 3 is 2.12 bits per heavy atom. The van der Waals surface area contributed by atoms with Gasteiger partial charge in [-0.3, -0.25) is 9.59 Å². The molecule has 5 nitrogen and oxygen atoms in total. The SMILES string of the molecule is Cc1cc(C)cc(NC2=C(c3ccc(F)cc3)C(=O)N(c3cccc(N(C)C)c3)C2=O)c1. The number of hydrogen-bond acceptors (Lipinski definition) is 4. The van der Waals surface area contributed by atoms with Crippen LogP contribution in [0.2, 0.25) is 0 Å². The van der Waals surface area contributed by atoms with Crippen molar-refractivity contribution in [2.75, 3.05) is 29.2 Å².